The van der Waals surface area contributed by atoms with Crippen LogP contribution in [0.2, 0.25) is 0 Å². The molecule has 2 nitrogen and oxygen atoms in total. The van der Waals surface area contributed by atoms with E-state index in [2.05, 4.69) is 52.1 Å². The van der Waals surface area contributed by atoms with Gasteiger partial charge in [-0.25, -0.2) is 0 Å². The average Bonchev–Trinajstić information content (AvgIpc) is 2.40. The van der Waals surface area contributed by atoms with E-state index < -0.39 is 0 Å². The number of hydrogen-bond acceptors (Lipinski definition) is 2. The predicted molar refractivity (Wildman–Crippen MR) is 85.1 cm³/mol. The van der Waals surface area contributed by atoms with E-state index in [1.807, 2.05) is 0 Å². The van der Waals surface area contributed by atoms with Crippen LogP contribution < -0.4 is 5.73 Å². The topological polar surface area (TPSA) is 29.3 Å². The Morgan fingerprint density at radius 2 is 1.79 bits per heavy atom. The molecule has 0 atom stereocenters. The first-order valence-corrected chi connectivity index (χ1v) is 8.09. The van der Waals surface area contributed by atoms with Crippen molar-refractivity contribution in [2.75, 3.05) is 13.6 Å². The number of hydrogen-bond donors (Lipinski definition) is 1. The van der Waals surface area contributed by atoms with Crippen molar-refractivity contribution in [3.8, 4) is 0 Å². The van der Waals surface area contributed by atoms with Crippen LogP contribution in [0.3, 0.4) is 0 Å². The second-order valence-corrected chi connectivity index (χ2v) is 6.95. The number of halogens is 1. The van der Waals surface area contributed by atoms with Gasteiger partial charge in [0.25, 0.3) is 0 Å². The SMILES string of the molecule is CN(CCC1(N)CCCCC1)Cc1ccc(Br)cc1. The summed E-state index contributed by atoms with van der Waals surface area (Å²) in [5, 5.41) is 0. The maximum atomic E-state index is 6.49. The van der Waals surface area contributed by atoms with E-state index >= 15 is 0 Å². The van der Waals surface area contributed by atoms with Gasteiger partial charge in [0.2, 0.25) is 0 Å². The first kappa shape index (κ1) is 15.0. The lowest BCUT2D eigenvalue weighted by molar-refractivity contribution is 0.226. The molecular weight excluding hydrogens is 300 g/mol. The smallest absolute Gasteiger partial charge is 0.0230 e. The number of nitrogens with two attached hydrogens (primary N) is 1. The van der Waals surface area contributed by atoms with Crippen molar-refractivity contribution < 1.29 is 0 Å². The molecule has 1 saturated carbocycles. The Labute approximate surface area is 125 Å². The molecule has 0 amide bonds. The van der Waals surface area contributed by atoms with Gasteiger partial charge in [0.15, 0.2) is 0 Å². The van der Waals surface area contributed by atoms with E-state index in [1.165, 1.54) is 37.7 Å². The van der Waals surface area contributed by atoms with Gasteiger partial charge in [-0.3, -0.25) is 0 Å². The molecule has 1 aromatic rings. The molecule has 0 unspecified atom stereocenters. The lowest BCUT2D eigenvalue weighted by Gasteiger charge is -2.34. The molecule has 2 N–H and O–H groups in total. The Balaban J connectivity index is 1.77. The van der Waals surface area contributed by atoms with Gasteiger partial charge >= 0.3 is 0 Å². The monoisotopic (exact) mass is 324 g/mol. The van der Waals surface area contributed by atoms with Crippen LogP contribution >= 0.6 is 15.9 Å². The molecule has 106 valence electrons. The van der Waals surface area contributed by atoms with Crippen molar-refractivity contribution in [1.82, 2.24) is 4.90 Å². The quantitative estimate of drug-likeness (QED) is 0.889. The van der Waals surface area contributed by atoms with Crippen LogP contribution in [0.25, 0.3) is 0 Å². The van der Waals surface area contributed by atoms with Gasteiger partial charge in [-0.2, -0.15) is 0 Å². The molecule has 0 spiro atoms. The molecule has 0 heterocycles. The van der Waals surface area contributed by atoms with Gasteiger partial charge in [-0.05, 0) is 50.6 Å². The van der Waals surface area contributed by atoms with Gasteiger partial charge in [-0.15, -0.1) is 0 Å². The molecule has 3 heteroatoms. The summed E-state index contributed by atoms with van der Waals surface area (Å²) in [6.45, 7) is 2.09. The molecule has 1 aromatic carbocycles. The van der Waals surface area contributed by atoms with Crippen LogP contribution in [0.4, 0.5) is 0 Å². The predicted octanol–water partition coefficient (Wildman–Crippen LogP) is 3.93. The summed E-state index contributed by atoms with van der Waals surface area (Å²) < 4.78 is 1.14. The summed E-state index contributed by atoms with van der Waals surface area (Å²) in [7, 11) is 2.19. The Kier molecular flexibility index (Phi) is 5.43. The third-order valence-corrected chi connectivity index (χ3v) is 4.74. The molecule has 19 heavy (non-hydrogen) atoms. The number of benzene rings is 1. The first-order valence-electron chi connectivity index (χ1n) is 7.29. The first-order chi connectivity index (χ1) is 9.07. The van der Waals surface area contributed by atoms with Crippen molar-refractivity contribution in [2.24, 2.45) is 5.73 Å². The molecule has 1 aliphatic carbocycles. The van der Waals surface area contributed by atoms with Crippen LogP contribution in [0.5, 0.6) is 0 Å². The lowest BCUT2D eigenvalue weighted by atomic mass is 9.80. The van der Waals surface area contributed by atoms with Crippen molar-refractivity contribution in [3.05, 3.63) is 34.3 Å². The van der Waals surface area contributed by atoms with E-state index in [1.54, 1.807) is 0 Å². The highest BCUT2D eigenvalue weighted by atomic mass is 79.9. The van der Waals surface area contributed by atoms with Crippen molar-refractivity contribution >= 4 is 15.9 Å². The van der Waals surface area contributed by atoms with Crippen LogP contribution in [0, 0.1) is 0 Å². The minimum atomic E-state index is 0.103. The summed E-state index contributed by atoms with van der Waals surface area (Å²) in [6.07, 6.45) is 7.53. The van der Waals surface area contributed by atoms with Gasteiger partial charge < -0.3 is 10.6 Å². The van der Waals surface area contributed by atoms with Crippen LogP contribution in [-0.2, 0) is 6.54 Å². The van der Waals surface area contributed by atoms with Crippen LogP contribution in [0.1, 0.15) is 44.1 Å². The average molecular weight is 325 g/mol. The molecule has 1 aliphatic rings. The fourth-order valence-electron chi connectivity index (χ4n) is 2.90. The third-order valence-electron chi connectivity index (χ3n) is 4.21. The summed E-state index contributed by atoms with van der Waals surface area (Å²) in [4.78, 5) is 2.38. The summed E-state index contributed by atoms with van der Waals surface area (Å²) in [6, 6.07) is 8.57. The maximum absolute atomic E-state index is 6.49. The zero-order chi connectivity index (χ0) is 13.7. The molecule has 1 fully saturated rings. The molecule has 0 aliphatic heterocycles. The number of nitrogens with zero attached hydrogens (tertiary/aromatic N) is 1. The standard InChI is InChI=1S/C16H25BrN2/c1-19(13-14-5-7-15(17)8-6-14)12-11-16(18)9-3-2-4-10-16/h5-8H,2-4,9-13,18H2,1H3. The minimum absolute atomic E-state index is 0.103. The fraction of sp³-hybridized carbons (Fsp3) is 0.625. The van der Waals surface area contributed by atoms with Gasteiger partial charge in [0.05, 0.1) is 0 Å². The highest BCUT2D eigenvalue weighted by Gasteiger charge is 2.27. The molecule has 0 bridgehead atoms. The lowest BCUT2D eigenvalue weighted by Crippen LogP contribution is -2.44. The zero-order valence-electron chi connectivity index (χ0n) is 11.9. The molecule has 0 aromatic heterocycles. The summed E-state index contributed by atoms with van der Waals surface area (Å²) in [5.74, 6) is 0. The molecule has 2 rings (SSSR count). The van der Waals surface area contributed by atoms with Gasteiger partial charge in [0.1, 0.15) is 0 Å². The highest BCUT2D eigenvalue weighted by Crippen LogP contribution is 2.28. The van der Waals surface area contributed by atoms with E-state index in [4.69, 9.17) is 5.73 Å². The fourth-order valence-corrected chi connectivity index (χ4v) is 3.16. The third kappa shape index (κ3) is 4.90. The molecule has 0 radical (unpaired) electrons. The van der Waals surface area contributed by atoms with E-state index in [-0.39, 0.29) is 5.54 Å². The van der Waals surface area contributed by atoms with E-state index in [0.717, 1.165) is 24.0 Å². The summed E-state index contributed by atoms with van der Waals surface area (Å²) >= 11 is 3.47. The van der Waals surface area contributed by atoms with E-state index in [0.29, 0.717) is 0 Å². The molecular formula is C16H25BrN2. The zero-order valence-corrected chi connectivity index (χ0v) is 13.5. The van der Waals surface area contributed by atoms with Crippen molar-refractivity contribution in [3.63, 3.8) is 0 Å². The highest BCUT2D eigenvalue weighted by molar-refractivity contribution is 9.10. The van der Waals surface area contributed by atoms with Crippen molar-refractivity contribution in [1.29, 1.82) is 0 Å². The van der Waals surface area contributed by atoms with Crippen molar-refractivity contribution in [2.45, 2.75) is 50.6 Å². The maximum Gasteiger partial charge on any atom is 0.0230 e. The Morgan fingerprint density at radius 3 is 2.42 bits per heavy atom. The Morgan fingerprint density at radius 1 is 1.16 bits per heavy atom. The van der Waals surface area contributed by atoms with Gasteiger partial charge in [-0.1, -0.05) is 47.3 Å². The molecule has 0 saturated heterocycles. The summed E-state index contributed by atoms with van der Waals surface area (Å²) in [5.41, 5.74) is 7.95. The second kappa shape index (κ2) is 6.87. The number of rotatable bonds is 5. The minimum Gasteiger partial charge on any atom is -0.325 e. The normalized spacial score (nSPS) is 18.7. The van der Waals surface area contributed by atoms with E-state index in [9.17, 15) is 0 Å². The largest absolute Gasteiger partial charge is 0.325 e. The second-order valence-electron chi connectivity index (χ2n) is 6.04. The Hall–Kier alpha value is -0.380. The van der Waals surface area contributed by atoms with Crippen LogP contribution in [-0.4, -0.2) is 24.0 Å². The van der Waals surface area contributed by atoms with Gasteiger partial charge in [0, 0.05) is 16.6 Å². The Bertz CT molecular complexity index is 382. The van der Waals surface area contributed by atoms with Crippen LogP contribution in [0.15, 0.2) is 28.7 Å².